The van der Waals surface area contributed by atoms with E-state index in [9.17, 15) is 9.90 Å². The third-order valence-electron chi connectivity index (χ3n) is 8.00. The van der Waals surface area contributed by atoms with Gasteiger partial charge >= 0.3 is 5.97 Å². The lowest BCUT2D eigenvalue weighted by Crippen LogP contribution is -2.14. The number of ether oxygens (including phenoxy) is 2. The van der Waals surface area contributed by atoms with Crippen LogP contribution in [-0.2, 0) is 4.79 Å². The molecule has 0 atom stereocenters. The molecule has 50 heavy (non-hydrogen) atoms. The second-order valence-corrected chi connectivity index (χ2v) is 15.5. The molecule has 3 aromatic carbocycles. The Bertz CT molecular complexity index is 2340. The van der Waals surface area contributed by atoms with E-state index < -0.39 is 5.97 Å². The number of aliphatic carboxylic acids is 1. The number of carbonyl (C=O) groups is 1. The summed E-state index contributed by atoms with van der Waals surface area (Å²) < 4.78 is 12.4. The lowest BCUT2D eigenvalue weighted by Gasteiger charge is -2.25. The van der Waals surface area contributed by atoms with Gasteiger partial charge in [-0.2, -0.15) is 5.26 Å². The molecular weight excluding hydrogens is 701 g/mol. The van der Waals surface area contributed by atoms with Gasteiger partial charge in [-0.05, 0) is 84.4 Å². The van der Waals surface area contributed by atoms with Crippen molar-refractivity contribution < 1.29 is 19.4 Å². The number of anilines is 3. The highest BCUT2D eigenvalue weighted by Gasteiger charge is 2.28. The van der Waals surface area contributed by atoms with Crippen molar-refractivity contribution in [1.82, 2.24) is 0 Å². The zero-order valence-electron chi connectivity index (χ0n) is 26.2. The minimum Gasteiger partial charge on any atom is -0.485 e. The van der Waals surface area contributed by atoms with Gasteiger partial charge in [0.05, 0.1) is 9.75 Å². The number of hydrogen-bond acceptors (Lipinski definition) is 9. The normalized spacial score (nSPS) is 12.4. The first-order valence-electron chi connectivity index (χ1n) is 15.6. The average Bonchev–Trinajstić information content (AvgIpc) is 3.98. The van der Waals surface area contributed by atoms with Crippen molar-refractivity contribution in [3.8, 4) is 57.3 Å². The van der Waals surface area contributed by atoms with Crippen LogP contribution < -0.4 is 14.4 Å². The molecule has 1 aliphatic heterocycles. The van der Waals surface area contributed by atoms with Crippen LogP contribution in [0.1, 0.15) is 4.88 Å². The summed E-state index contributed by atoms with van der Waals surface area (Å²) in [5.74, 6) is 0.337. The van der Waals surface area contributed by atoms with E-state index in [1.54, 1.807) is 40.1 Å². The van der Waals surface area contributed by atoms with Crippen LogP contribution in [0.5, 0.6) is 11.5 Å². The van der Waals surface area contributed by atoms with E-state index in [2.05, 4.69) is 102 Å². The summed E-state index contributed by atoms with van der Waals surface area (Å²) in [6.07, 6.45) is 1.41. The van der Waals surface area contributed by atoms with E-state index in [1.165, 1.54) is 22.3 Å². The Morgan fingerprint density at radius 2 is 1.12 bits per heavy atom. The van der Waals surface area contributed by atoms with Crippen LogP contribution in [0, 0.1) is 11.3 Å². The second-order valence-electron chi connectivity index (χ2n) is 11.2. The summed E-state index contributed by atoms with van der Waals surface area (Å²) in [5, 5.41) is 18.4. The molecule has 0 radical (unpaired) electrons. The summed E-state index contributed by atoms with van der Waals surface area (Å²) >= 11 is 6.52. The smallest absolute Gasteiger partial charge is 0.346 e. The molecule has 0 fully saturated rings. The molecule has 244 valence electrons. The SMILES string of the molecule is N#C/C(=C\c1ccc(-c2ccc(-c3sc(-c4ccc(-c5ccc(N(c6ccccc6)c6ccccc6)cc5)s4)c4c3OCCO4)s2)s1)C(=O)O. The highest BCUT2D eigenvalue weighted by Crippen LogP contribution is 2.56. The van der Waals surface area contributed by atoms with Crippen molar-refractivity contribution in [3.63, 3.8) is 0 Å². The monoisotopic (exact) mass is 726 g/mol. The van der Waals surface area contributed by atoms with Crippen LogP contribution in [0.3, 0.4) is 0 Å². The maximum Gasteiger partial charge on any atom is 0.346 e. The average molecular weight is 727 g/mol. The Labute approximate surface area is 304 Å². The molecular formula is C40H26N2O4S4. The maximum absolute atomic E-state index is 11.3. The van der Waals surface area contributed by atoms with E-state index >= 15 is 0 Å². The summed E-state index contributed by atoms with van der Waals surface area (Å²) in [6.45, 7) is 0.988. The molecule has 7 aromatic rings. The van der Waals surface area contributed by atoms with Crippen molar-refractivity contribution in [3.05, 3.63) is 132 Å². The lowest BCUT2D eigenvalue weighted by molar-refractivity contribution is -0.132. The number of carboxylic acids is 1. The van der Waals surface area contributed by atoms with Gasteiger partial charge in [-0.15, -0.1) is 45.3 Å². The van der Waals surface area contributed by atoms with Gasteiger partial charge in [0.1, 0.15) is 24.9 Å². The number of nitrogens with zero attached hydrogens (tertiary/aromatic N) is 2. The molecule has 0 amide bonds. The number of rotatable bonds is 9. The first-order chi connectivity index (χ1) is 24.6. The fourth-order valence-electron chi connectivity index (χ4n) is 5.71. The molecule has 0 saturated heterocycles. The van der Waals surface area contributed by atoms with Gasteiger partial charge in [0, 0.05) is 46.3 Å². The van der Waals surface area contributed by atoms with Gasteiger partial charge < -0.3 is 19.5 Å². The predicted octanol–water partition coefficient (Wildman–Crippen LogP) is 11.8. The highest BCUT2D eigenvalue weighted by atomic mass is 32.1. The van der Waals surface area contributed by atoms with Crippen LogP contribution in [0.4, 0.5) is 17.1 Å². The number of carboxylic acid groups (broad SMARTS) is 1. The van der Waals surface area contributed by atoms with Crippen LogP contribution in [0.25, 0.3) is 45.8 Å². The Morgan fingerprint density at radius 1 is 0.620 bits per heavy atom. The number of thiophene rings is 4. The van der Waals surface area contributed by atoms with Gasteiger partial charge in [0.2, 0.25) is 0 Å². The highest BCUT2D eigenvalue weighted by molar-refractivity contribution is 7.29. The molecule has 0 spiro atoms. The van der Waals surface area contributed by atoms with Crippen LogP contribution in [-0.4, -0.2) is 24.3 Å². The Morgan fingerprint density at radius 3 is 1.70 bits per heavy atom. The lowest BCUT2D eigenvalue weighted by atomic mass is 10.1. The van der Waals surface area contributed by atoms with E-state index in [0.29, 0.717) is 18.1 Å². The molecule has 5 heterocycles. The minimum atomic E-state index is -1.23. The summed E-state index contributed by atoms with van der Waals surface area (Å²) in [7, 11) is 0. The fraction of sp³-hybridized carbons (Fsp3) is 0.0500. The molecule has 1 N–H and O–H groups in total. The molecule has 10 heteroatoms. The Balaban J connectivity index is 1.08. The number of nitriles is 1. The summed E-state index contributed by atoms with van der Waals surface area (Å²) in [4.78, 5) is 21.8. The standard InChI is InChI=1S/C40H26N2O4S4/c41-24-26(40(43)44)23-30-15-16-32(47-30)33-18-20-35(49-33)39-37-36(45-21-22-46-37)38(50-39)34-19-17-31(48-34)25-11-13-29(14-12-25)42(27-7-3-1-4-8-27)28-9-5-2-6-10-28/h1-20,23H,21-22H2,(H,43,44)/b26-23+. The number of para-hydroxylation sites is 2. The summed E-state index contributed by atoms with van der Waals surface area (Å²) in [6, 6.07) is 43.5. The largest absolute Gasteiger partial charge is 0.485 e. The van der Waals surface area contributed by atoms with E-state index in [1.807, 2.05) is 24.3 Å². The second kappa shape index (κ2) is 13.8. The number of hydrogen-bond donors (Lipinski definition) is 1. The third kappa shape index (κ3) is 6.24. The molecule has 0 unspecified atom stereocenters. The topological polar surface area (TPSA) is 82.8 Å². The van der Waals surface area contributed by atoms with Gasteiger partial charge in [-0.1, -0.05) is 48.5 Å². The van der Waals surface area contributed by atoms with E-state index in [4.69, 9.17) is 14.7 Å². The fourth-order valence-corrected chi connectivity index (χ4v) is 10.2. The van der Waals surface area contributed by atoms with Crippen molar-refractivity contribution in [2.75, 3.05) is 18.1 Å². The first kappa shape index (κ1) is 31.8. The summed E-state index contributed by atoms with van der Waals surface area (Å²) in [5.41, 5.74) is 4.15. The van der Waals surface area contributed by atoms with Crippen LogP contribution in [0.2, 0.25) is 0 Å². The molecule has 0 aliphatic carbocycles. The zero-order valence-corrected chi connectivity index (χ0v) is 29.5. The number of fused-ring (bicyclic) bond motifs is 1. The molecule has 8 rings (SSSR count). The van der Waals surface area contributed by atoms with Crippen LogP contribution >= 0.6 is 45.3 Å². The van der Waals surface area contributed by atoms with Gasteiger partial charge in [-0.3, -0.25) is 0 Å². The quantitative estimate of drug-likeness (QED) is 0.118. The third-order valence-corrected chi connectivity index (χ3v) is 13.0. The van der Waals surface area contributed by atoms with Crippen molar-refractivity contribution in [2.24, 2.45) is 0 Å². The van der Waals surface area contributed by atoms with E-state index in [-0.39, 0.29) is 5.57 Å². The zero-order chi connectivity index (χ0) is 34.0. The van der Waals surface area contributed by atoms with Gasteiger partial charge in [-0.25, -0.2) is 4.79 Å². The Hall–Kier alpha value is -5.44. The molecule has 0 bridgehead atoms. The van der Waals surface area contributed by atoms with Gasteiger partial charge in [0.15, 0.2) is 11.5 Å². The van der Waals surface area contributed by atoms with Crippen LogP contribution in [0.15, 0.2) is 127 Å². The Kier molecular flexibility index (Phi) is 8.79. The molecule has 4 aromatic heterocycles. The predicted molar refractivity (Wildman–Crippen MR) is 207 cm³/mol. The molecule has 0 saturated carbocycles. The van der Waals surface area contributed by atoms with Gasteiger partial charge in [0.25, 0.3) is 0 Å². The molecule has 6 nitrogen and oxygen atoms in total. The first-order valence-corrected chi connectivity index (χ1v) is 18.9. The molecule has 1 aliphatic rings. The minimum absolute atomic E-state index is 0.285. The van der Waals surface area contributed by atoms with Crippen molar-refractivity contribution >= 4 is 74.5 Å². The maximum atomic E-state index is 11.3. The van der Waals surface area contributed by atoms with E-state index in [0.717, 1.165) is 63.4 Å². The van der Waals surface area contributed by atoms with Crippen molar-refractivity contribution in [2.45, 2.75) is 0 Å². The van der Waals surface area contributed by atoms with Crippen molar-refractivity contribution in [1.29, 1.82) is 5.26 Å². The number of benzene rings is 3.